The molecule has 0 amide bonds. The van der Waals surface area contributed by atoms with Crippen LogP contribution in [0.3, 0.4) is 0 Å². The van der Waals surface area contributed by atoms with E-state index in [1.165, 1.54) is 24.8 Å². The van der Waals surface area contributed by atoms with E-state index in [1.54, 1.807) is 7.11 Å². The first kappa shape index (κ1) is 17.0. The van der Waals surface area contributed by atoms with Gasteiger partial charge >= 0.3 is 0 Å². The lowest BCUT2D eigenvalue weighted by Gasteiger charge is -2.20. The quantitative estimate of drug-likeness (QED) is 0.711. The molecule has 114 valence electrons. The van der Waals surface area contributed by atoms with Gasteiger partial charge in [0, 0.05) is 12.6 Å². The first-order valence-corrected chi connectivity index (χ1v) is 7.74. The van der Waals surface area contributed by atoms with Crippen molar-refractivity contribution in [2.45, 2.75) is 45.7 Å². The van der Waals surface area contributed by atoms with Crippen LogP contribution in [0.25, 0.3) is 0 Å². The van der Waals surface area contributed by atoms with Gasteiger partial charge in [-0.1, -0.05) is 26.0 Å². The maximum Gasteiger partial charge on any atom is 0.119 e. The molecule has 0 heterocycles. The Labute approximate surface area is 124 Å². The molecule has 0 saturated carbocycles. The molecular weight excluding hydrogens is 248 g/mol. The van der Waals surface area contributed by atoms with E-state index in [0.717, 1.165) is 25.4 Å². The van der Waals surface area contributed by atoms with Crippen molar-refractivity contribution in [1.29, 1.82) is 0 Å². The highest BCUT2D eigenvalue weighted by Gasteiger charge is 2.06. The first-order chi connectivity index (χ1) is 9.69. The zero-order valence-electron chi connectivity index (χ0n) is 13.5. The van der Waals surface area contributed by atoms with E-state index in [1.807, 2.05) is 6.07 Å². The Morgan fingerprint density at radius 1 is 1.30 bits per heavy atom. The van der Waals surface area contributed by atoms with Gasteiger partial charge in [0.1, 0.15) is 5.75 Å². The molecule has 20 heavy (non-hydrogen) atoms. The highest BCUT2D eigenvalue weighted by molar-refractivity contribution is 5.28. The van der Waals surface area contributed by atoms with Crippen molar-refractivity contribution in [3.8, 4) is 5.75 Å². The van der Waals surface area contributed by atoms with Gasteiger partial charge in [-0.3, -0.25) is 0 Å². The fourth-order valence-corrected chi connectivity index (χ4v) is 2.51. The van der Waals surface area contributed by atoms with Crippen molar-refractivity contribution < 1.29 is 4.74 Å². The number of hydrogen-bond acceptors (Lipinski definition) is 3. The Hall–Kier alpha value is -1.06. The molecule has 0 aliphatic carbocycles. The maximum atomic E-state index is 5.26. The summed E-state index contributed by atoms with van der Waals surface area (Å²) >= 11 is 0. The van der Waals surface area contributed by atoms with E-state index in [2.05, 4.69) is 49.3 Å². The van der Waals surface area contributed by atoms with E-state index in [-0.39, 0.29) is 0 Å². The molecule has 1 aromatic rings. The Balaban J connectivity index is 2.30. The maximum absolute atomic E-state index is 5.26. The third kappa shape index (κ3) is 6.40. The summed E-state index contributed by atoms with van der Waals surface area (Å²) in [5.41, 5.74) is 1.31. The van der Waals surface area contributed by atoms with Crippen LogP contribution in [0.4, 0.5) is 0 Å². The largest absolute Gasteiger partial charge is 0.497 e. The van der Waals surface area contributed by atoms with Gasteiger partial charge in [-0.25, -0.2) is 0 Å². The predicted octanol–water partition coefficient (Wildman–Crippen LogP) is 3.30. The summed E-state index contributed by atoms with van der Waals surface area (Å²) in [5.74, 6) is 0.939. The van der Waals surface area contributed by atoms with Crippen LogP contribution in [0.2, 0.25) is 0 Å². The van der Waals surface area contributed by atoms with E-state index in [0.29, 0.717) is 6.04 Å². The van der Waals surface area contributed by atoms with Crippen molar-refractivity contribution in [3.05, 3.63) is 29.8 Å². The minimum Gasteiger partial charge on any atom is -0.497 e. The number of nitrogens with zero attached hydrogens (tertiary/aromatic N) is 1. The lowest BCUT2D eigenvalue weighted by atomic mass is 10.1. The fourth-order valence-electron chi connectivity index (χ4n) is 2.51. The van der Waals surface area contributed by atoms with E-state index in [9.17, 15) is 0 Å². The molecular formula is C17H30N2O. The third-order valence-corrected chi connectivity index (χ3v) is 3.66. The topological polar surface area (TPSA) is 24.5 Å². The average molecular weight is 278 g/mol. The fraction of sp³-hybridized carbons (Fsp3) is 0.647. The summed E-state index contributed by atoms with van der Waals surface area (Å²) in [6.07, 6.45) is 3.71. The molecule has 1 aromatic carbocycles. The number of nitrogens with one attached hydrogen (secondary N) is 1. The zero-order valence-corrected chi connectivity index (χ0v) is 13.5. The number of ether oxygens (including phenoxy) is 1. The highest BCUT2D eigenvalue weighted by Crippen LogP contribution is 2.14. The molecule has 1 unspecified atom stereocenters. The molecule has 1 N–H and O–H groups in total. The van der Waals surface area contributed by atoms with Gasteiger partial charge in [0.2, 0.25) is 0 Å². The minimum atomic E-state index is 0.671. The molecule has 0 aromatic heterocycles. The van der Waals surface area contributed by atoms with Crippen LogP contribution >= 0.6 is 0 Å². The molecule has 0 aliphatic heterocycles. The number of benzene rings is 1. The Bertz CT molecular complexity index is 368. The summed E-state index contributed by atoms with van der Waals surface area (Å²) in [6.45, 7) is 7.62. The molecule has 1 rings (SSSR count). The van der Waals surface area contributed by atoms with Crippen molar-refractivity contribution in [2.75, 3.05) is 27.2 Å². The van der Waals surface area contributed by atoms with Crippen LogP contribution in [0, 0.1) is 0 Å². The van der Waals surface area contributed by atoms with Gasteiger partial charge < -0.3 is 15.0 Å². The number of methoxy groups -OCH3 is 1. The molecule has 0 saturated heterocycles. The van der Waals surface area contributed by atoms with E-state index >= 15 is 0 Å². The second-order valence-corrected chi connectivity index (χ2v) is 5.39. The average Bonchev–Trinajstić information content (AvgIpc) is 2.46. The van der Waals surface area contributed by atoms with Crippen LogP contribution in [0.5, 0.6) is 5.75 Å². The standard InChI is InChI=1S/C17H30N2O/c1-5-16(18-6-2)10-8-12-19(3)14-15-9-7-11-17(13-15)20-4/h7,9,11,13,16,18H,5-6,8,10,12,14H2,1-4H3. The minimum absolute atomic E-state index is 0.671. The summed E-state index contributed by atoms with van der Waals surface area (Å²) in [5, 5.41) is 3.54. The second kappa shape index (κ2) is 9.78. The van der Waals surface area contributed by atoms with Crippen molar-refractivity contribution in [1.82, 2.24) is 10.2 Å². The molecule has 0 spiro atoms. The molecule has 3 nitrogen and oxygen atoms in total. The van der Waals surface area contributed by atoms with Crippen LogP contribution in [0.15, 0.2) is 24.3 Å². The molecule has 0 bridgehead atoms. The van der Waals surface area contributed by atoms with Gasteiger partial charge in [-0.2, -0.15) is 0 Å². The second-order valence-electron chi connectivity index (χ2n) is 5.39. The van der Waals surface area contributed by atoms with Gasteiger partial charge in [-0.15, -0.1) is 0 Å². The molecule has 0 radical (unpaired) electrons. The van der Waals surface area contributed by atoms with Crippen LogP contribution < -0.4 is 10.1 Å². The van der Waals surface area contributed by atoms with Crippen molar-refractivity contribution >= 4 is 0 Å². The van der Waals surface area contributed by atoms with Gasteiger partial charge in [0.15, 0.2) is 0 Å². The molecule has 0 fully saturated rings. The lowest BCUT2D eigenvalue weighted by Crippen LogP contribution is -2.29. The summed E-state index contributed by atoms with van der Waals surface area (Å²) in [4.78, 5) is 2.38. The third-order valence-electron chi connectivity index (χ3n) is 3.66. The monoisotopic (exact) mass is 278 g/mol. The van der Waals surface area contributed by atoms with E-state index in [4.69, 9.17) is 4.74 Å². The normalized spacial score (nSPS) is 12.7. The predicted molar refractivity (Wildman–Crippen MR) is 86.3 cm³/mol. The van der Waals surface area contributed by atoms with Gasteiger partial charge in [0.25, 0.3) is 0 Å². The lowest BCUT2D eigenvalue weighted by molar-refractivity contribution is 0.307. The van der Waals surface area contributed by atoms with Crippen molar-refractivity contribution in [3.63, 3.8) is 0 Å². The summed E-state index contributed by atoms with van der Waals surface area (Å²) in [7, 11) is 3.90. The zero-order chi connectivity index (χ0) is 14.8. The Morgan fingerprint density at radius 3 is 2.75 bits per heavy atom. The Morgan fingerprint density at radius 2 is 2.10 bits per heavy atom. The van der Waals surface area contributed by atoms with Gasteiger partial charge in [-0.05, 0) is 57.1 Å². The van der Waals surface area contributed by atoms with Crippen molar-refractivity contribution in [2.24, 2.45) is 0 Å². The van der Waals surface area contributed by atoms with Crippen LogP contribution in [-0.2, 0) is 6.54 Å². The molecule has 3 heteroatoms. The van der Waals surface area contributed by atoms with E-state index < -0.39 is 0 Å². The first-order valence-electron chi connectivity index (χ1n) is 7.74. The Kier molecular flexibility index (Phi) is 8.31. The molecule has 1 atom stereocenters. The summed E-state index contributed by atoms with van der Waals surface area (Å²) < 4.78 is 5.26. The number of hydrogen-bond donors (Lipinski definition) is 1. The highest BCUT2D eigenvalue weighted by atomic mass is 16.5. The SMILES string of the molecule is CCNC(CC)CCCN(C)Cc1cccc(OC)c1. The smallest absolute Gasteiger partial charge is 0.119 e. The van der Waals surface area contributed by atoms with Crippen LogP contribution in [-0.4, -0.2) is 38.2 Å². The summed E-state index contributed by atoms with van der Waals surface area (Å²) in [6, 6.07) is 8.99. The van der Waals surface area contributed by atoms with Gasteiger partial charge in [0.05, 0.1) is 7.11 Å². The van der Waals surface area contributed by atoms with Crippen LogP contribution in [0.1, 0.15) is 38.7 Å². The molecule has 0 aliphatic rings. The number of rotatable bonds is 10.